The van der Waals surface area contributed by atoms with Gasteiger partial charge in [0.1, 0.15) is 5.82 Å². The standard InChI is InChI=1S/C11H16ClN3/c1-3-5-10(14-4-2)9-6-8(12)7-15-11(9)13/h3,6-7,10,14H,1,4-5H2,2H3,(H2,13,15). The van der Waals surface area contributed by atoms with Crippen LogP contribution < -0.4 is 11.1 Å². The quantitative estimate of drug-likeness (QED) is 0.758. The van der Waals surface area contributed by atoms with E-state index in [2.05, 4.69) is 16.9 Å². The maximum atomic E-state index is 5.89. The molecule has 15 heavy (non-hydrogen) atoms. The number of pyridine rings is 1. The van der Waals surface area contributed by atoms with Crippen molar-refractivity contribution < 1.29 is 0 Å². The molecule has 0 aromatic carbocycles. The summed E-state index contributed by atoms with van der Waals surface area (Å²) in [5.74, 6) is 0.521. The highest BCUT2D eigenvalue weighted by molar-refractivity contribution is 6.30. The van der Waals surface area contributed by atoms with E-state index in [1.165, 1.54) is 0 Å². The van der Waals surface area contributed by atoms with E-state index in [0.29, 0.717) is 10.8 Å². The summed E-state index contributed by atoms with van der Waals surface area (Å²) in [5.41, 5.74) is 6.74. The van der Waals surface area contributed by atoms with Gasteiger partial charge in [-0.15, -0.1) is 6.58 Å². The first-order chi connectivity index (χ1) is 7.19. The summed E-state index contributed by atoms with van der Waals surface area (Å²) in [7, 11) is 0. The molecule has 0 saturated carbocycles. The third-order valence-corrected chi connectivity index (χ3v) is 2.35. The highest BCUT2D eigenvalue weighted by Gasteiger charge is 2.12. The van der Waals surface area contributed by atoms with Gasteiger partial charge in [0.05, 0.1) is 5.02 Å². The number of halogens is 1. The van der Waals surface area contributed by atoms with Crippen molar-refractivity contribution >= 4 is 17.4 Å². The molecule has 82 valence electrons. The van der Waals surface area contributed by atoms with Gasteiger partial charge in [0.15, 0.2) is 0 Å². The molecular weight excluding hydrogens is 210 g/mol. The van der Waals surface area contributed by atoms with Crippen molar-refractivity contribution in [3.8, 4) is 0 Å². The Hall–Kier alpha value is -1.06. The predicted molar refractivity (Wildman–Crippen MR) is 64.9 cm³/mol. The summed E-state index contributed by atoms with van der Waals surface area (Å²) in [6.45, 7) is 6.64. The van der Waals surface area contributed by atoms with E-state index < -0.39 is 0 Å². The largest absolute Gasteiger partial charge is 0.383 e. The Morgan fingerprint density at radius 3 is 3.07 bits per heavy atom. The van der Waals surface area contributed by atoms with E-state index in [4.69, 9.17) is 17.3 Å². The second-order valence-electron chi connectivity index (χ2n) is 3.26. The molecule has 0 bridgehead atoms. The molecule has 1 atom stereocenters. The van der Waals surface area contributed by atoms with E-state index in [1.54, 1.807) is 6.20 Å². The highest BCUT2D eigenvalue weighted by Crippen LogP contribution is 2.24. The Kier molecular flexibility index (Phi) is 4.59. The molecule has 0 aliphatic heterocycles. The summed E-state index contributed by atoms with van der Waals surface area (Å²) in [4.78, 5) is 4.04. The van der Waals surface area contributed by atoms with Crippen LogP contribution in [0.15, 0.2) is 24.9 Å². The summed E-state index contributed by atoms with van der Waals surface area (Å²) in [6.07, 6.45) is 4.21. The first kappa shape index (κ1) is 12.0. The Bertz CT molecular complexity index is 339. The van der Waals surface area contributed by atoms with Crippen molar-refractivity contribution in [3.63, 3.8) is 0 Å². The van der Waals surface area contributed by atoms with Crippen molar-refractivity contribution in [2.24, 2.45) is 0 Å². The van der Waals surface area contributed by atoms with Gasteiger partial charge in [0.25, 0.3) is 0 Å². The summed E-state index contributed by atoms with van der Waals surface area (Å²) in [5, 5.41) is 3.92. The van der Waals surface area contributed by atoms with Crippen LogP contribution in [-0.2, 0) is 0 Å². The highest BCUT2D eigenvalue weighted by atomic mass is 35.5. The molecule has 1 unspecified atom stereocenters. The zero-order chi connectivity index (χ0) is 11.3. The van der Waals surface area contributed by atoms with Gasteiger partial charge in [-0.3, -0.25) is 0 Å². The number of aromatic nitrogens is 1. The molecule has 0 aliphatic carbocycles. The smallest absolute Gasteiger partial charge is 0.128 e. The van der Waals surface area contributed by atoms with Gasteiger partial charge in [0.2, 0.25) is 0 Å². The lowest BCUT2D eigenvalue weighted by atomic mass is 10.0. The minimum absolute atomic E-state index is 0.138. The Morgan fingerprint density at radius 1 is 1.73 bits per heavy atom. The fourth-order valence-corrected chi connectivity index (χ4v) is 1.64. The SMILES string of the molecule is C=CCC(NCC)c1cc(Cl)cnc1N. The summed E-state index contributed by atoms with van der Waals surface area (Å²) >= 11 is 5.89. The maximum absolute atomic E-state index is 5.89. The van der Waals surface area contributed by atoms with Crippen LogP contribution in [0, 0.1) is 0 Å². The number of nitrogen functional groups attached to an aromatic ring is 1. The molecule has 0 aliphatic rings. The fraction of sp³-hybridized carbons (Fsp3) is 0.364. The van der Waals surface area contributed by atoms with Crippen LogP contribution >= 0.6 is 11.6 Å². The zero-order valence-electron chi connectivity index (χ0n) is 8.83. The van der Waals surface area contributed by atoms with Gasteiger partial charge in [-0.05, 0) is 19.0 Å². The molecule has 0 fully saturated rings. The van der Waals surface area contributed by atoms with Gasteiger partial charge in [-0.1, -0.05) is 24.6 Å². The molecule has 1 heterocycles. The van der Waals surface area contributed by atoms with Gasteiger partial charge in [-0.25, -0.2) is 4.98 Å². The minimum atomic E-state index is 0.138. The van der Waals surface area contributed by atoms with Gasteiger partial charge < -0.3 is 11.1 Å². The number of nitrogens with one attached hydrogen (secondary N) is 1. The normalized spacial score (nSPS) is 12.4. The molecule has 0 spiro atoms. The van der Waals surface area contributed by atoms with Crippen molar-refractivity contribution in [3.05, 3.63) is 35.5 Å². The van der Waals surface area contributed by atoms with Crippen LogP contribution in [0.1, 0.15) is 24.9 Å². The van der Waals surface area contributed by atoms with Crippen LogP contribution in [-0.4, -0.2) is 11.5 Å². The van der Waals surface area contributed by atoms with Gasteiger partial charge >= 0.3 is 0 Å². The summed E-state index contributed by atoms with van der Waals surface area (Å²) in [6, 6.07) is 1.99. The van der Waals surface area contributed by atoms with E-state index in [-0.39, 0.29) is 6.04 Å². The lowest BCUT2D eigenvalue weighted by molar-refractivity contribution is 0.559. The number of hydrogen-bond donors (Lipinski definition) is 2. The predicted octanol–water partition coefficient (Wildman–Crippen LogP) is 2.54. The van der Waals surface area contributed by atoms with Crippen LogP contribution in [0.2, 0.25) is 5.02 Å². The van der Waals surface area contributed by atoms with Crippen molar-refractivity contribution in [2.75, 3.05) is 12.3 Å². The van der Waals surface area contributed by atoms with E-state index in [1.807, 2.05) is 19.1 Å². The molecule has 1 aromatic heterocycles. The fourth-order valence-electron chi connectivity index (χ4n) is 1.48. The molecular formula is C11H16ClN3. The average Bonchev–Trinajstić information content (AvgIpc) is 2.21. The lowest BCUT2D eigenvalue weighted by Crippen LogP contribution is -2.21. The van der Waals surface area contributed by atoms with Crippen molar-refractivity contribution in [1.29, 1.82) is 0 Å². The number of nitrogens with zero attached hydrogens (tertiary/aromatic N) is 1. The number of nitrogens with two attached hydrogens (primary N) is 1. The minimum Gasteiger partial charge on any atom is -0.383 e. The second kappa shape index (κ2) is 5.73. The number of anilines is 1. The third-order valence-electron chi connectivity index (χ3n) is 2.14. The molecule has 0 saturated heterocycles. The van der Waals surface area contributed by atoms with E-state index >= 15 is 0 Å². The molecule has 1 rings (SSSR count). The molecule has 3 nitrogen and oxygen atoms in total. The summed E-state index contributed by atoms with van der Waals surface area (Å²) < 4.78 is 0. The first-order valence-corrected chi connectivity index (χ1v) is 5.32. The Morgan fingerprint density at radius 2 is 2.47 bits per heavy atom. The zero-order valence-corrected chi connectivity index (χ0v) is 9.59. The molecule has 0 amide bonds. The van der Waals surface area contributed by atoms with Crippen LogP contribution in [0.25, 0.3) is 0 Å². The van der Waals surface area contributed by atoms with Crippen molar-refractivity contribution in [2.45, 2.75) is 19.4 Å². The van der Waals surface area contributed by atoms with E-state index in [9.17, 15) is 0 Å². The maximum Gasteiger partial charge on any atom is 0.128 e. The van der Waals surface area contributed by atoms with Gasteiger partial charge in [-0.2, -0.15) is 0 Å². The van der Waals surface area contributed by atoms with E-state index in [0.717, 1.165) is 18.5 Å². The van der Waals surface area contributed by atoms with Crippen LogP contribution in [0.3, 0.4) is 0 Å². The molecule has 0 radical (unpaired) electrons. The third kappa shape index (κ3) is 3.22. The lowest BCUT2D eigenvalue weighted by Gasteiger charge is -2.17. The van der Waals surface area contributed by atoms with Crippen molar-refractivity contribution in [1.82, 2.24) is 10.3 Å². The van der Waals surface area contributed by atoms with Crippen LogP contribution in [0.4, 0.5) is 5.82 Å². The molecule has 3 N–H and O–H groups in total. The number of hydrogen-bond acceptors (Lipinski definition) is 3. The molecule has 1 aromatic rings. The average molecular weight is 226 g/mol. The number of rotatable bonds is 5. The molecule has 4 heteroatoms. The monoisotopic (exact) mass is 225 g/mol. The Balaban J connectivity index is 2.97. The van der Waals surface area contributed by atoms with Crippen LogP contribution in [0.5, 0.6) is 0 Å². The topological polar surface area (TPSA) is 50.9 Å². The van der Waals surface area contributed by atoms with Gasteiger partial charge in [0, 0.05) is 17.8 Å². The first-order valence-electron chi connectivity index (χ1n) is 4.94. The second-order valence-corrected chi connectivity index (χ2v) is 3.70. The Labute approximate surface area is 95.3 Å².